The first-order valence-electron chi connectivity index (χ1n) is 8.14. The summed E-state index contributed by atoms with van der Waals surface area (Å²) >= 11 is 0. The van der Waals surface area contributed by atoms with Crippen molar-refractivity contribution in [3.63, 3.8) is 0 Å². The molecular weight excluding hydrogens is 298 g/mol. The average molecular weight is 321 g/mol. The van der Waals surface area contributed by atoms with E-state index in [9.17, 15) is 14.7 Å². The molecule has 0 saturated carbocycles. The van der Waals surface area contributed by atoms with Crippen LogP contribution >= 0.6 is 0 Å². The van der Waals surface area contributed by atoms with Gasteiger partial charge in [-0.1, -0.05) is 0 Å². The lowest BCUT2D eigenvalue weighted by Gasteiger charge is -2.23. The summed E-state index contributed by atoms with van der Waals surface area (Å²) in [6.45, 7) is 5.20. The minimum Gasteiger partial charge on any atom is -0.481 e. The van der Waals surface area contributed by atoms with Crippen LogP contribution in [-0.4, -0.2) is 45.5 Å². The lowest BCUT2D eigenvalue weighted by atomic mass is 9.79. The van der Waals surface area contributed by atoms with Gasteiger partial charge >= 0.3 is 5.97 Å². The molecule has 1 amide bonds. The van der Waals surface area contributed by atoms with Gasteiger partial charge in [0.1, 0.15) is 0 Å². The third kappa shape index (κ3) is 3.10. The zero-order valence-corrected chi connectivity index (χ0v) is 13.5. The Labute approximate surface area is 135 Å². The number of carbonyl (C=O) groups is 2. The van der Waals surface area contributed by atoms with E-state index in [2.05, 4.69) is 10.4 Å². The zero-order valence-electron chi connectivity index (χ0n) is 13.5. The van der Waals surface area contributed by atoms with Crippen molar-refractivity contribution in [3.05, 3.63) is 17.5 Å². The predicted octanol–water partition coefficient (Wildman–Crippen LogP) is 0.884. The van der Waals surface area contributed by atoms with Crippen LogP contribution in [0.15, 0.2) is 6.07 Å². The summed E-state index contributed by atoms with van der Waals surface area (Å²) in [7, 11) is 0. The van der Waals surface area contributed by atoms with E-state index < -0.39 is 17.8 Å². The minimum atomic E-state index is -0.931. The Hall–Kier alpha value is -1.89. The Morgan fingerprint density at radius 1 is 1.35 bits per heavy atom. The number of fused-ring (bicyclic) bond motifs is 2. The van der Waals surface area contributed by atoms with E-state index in [0.29, 0.717) is 6.54 Å². The molecule has 1 aromatic heterocycles. The maximum Gasteiger partial charge on any atom is 0.310 e. The molecule has 0 unspecified atom stereocenters. The number of rotatable bonds is 6. The predicted molar refractivity (Wildman–Crippen MR) is 81.8 cm³/mol. The molecule has 0 aliphatic carbocycles. The number of aromatic nitrogens is 2. The Balaban J connectivity index is 1.49. The number of aliphatic carboxylic acids is 1. The Kier molecular flexibility index (Phi) is 4.39. The second kappa shape index (κ2) is 6.31. The lowest BCUT2D eigenvalue weighted by molar-refractivity contribution is -0.147. The molecule has 3 rings (SSSR count). The number of nitrogens with one attached hydrogen (secondary N) is 1. The Morgan fingerprint density at radius 3 is 2.65 bits per heavy atom. The molecule has 126 valence electrons. The summed E-state index contributed by atoms with van der Waals surface area (Å²) in [6.07, 6.45) is 1.73. The standard InChI is InChI=1S/C16H23N3O4/c1-9-8-10(2)19(18-9)7-3-6-17-15(20)13-11-4-5-12(23-11)14(13)16(21)22/h8,11-14H,3-7H2,1-2H3,(H,17,20)(H,21,22)/t11-,12-,13-,14-/m0/s1. The van der Waals surface area contributed by atoms with Gasteiger partial charge in [-0.15, -0.1) is 0 Å². The van der Waals surface area contributed by atoms with Gasteiger partial charge in [-0.2, -0.15) is 5.10 Å². The number of carboxylic acid groups (broad SMARTS) is 1. The fraction of sp³-hybridized carbons (Fsp3) is 0.688. The van der Waals surface area contributed by atoms with E-state index in [4.69, 9.17) is 4.74 Å². The van der Waals surface area contributed by atoms with Crippen LogP contribution in [-0.2, 0) is 20.9 Å². The van der Waals surface area contributed by atoms with Crippen LogP contribution in [0.5, 0.6) is 0 Å². The second-order valence-electron chi connectivity index (χ2n) is 6.47. The van der Waals surface area contributed by atoms with Crippen LogP contribution in [0.1, 0.15) is 30.7 Å². The maximum atomic E-state index is 12.4. The molecular formula is C16H23N3O4. The zero-order chi connectivity index (χ0) is 16.6. The van der Waals surface area contributed by atoms with Crippen molar-refractivity contribution in [1.29, 1.82) is 0 Å². The number of ether oxygens (including phenoxy) is 1. The summed E-state index contributed by atoms with van der Waals surface area (Å²) in [4.78, 5) is 23.7. The van der Waals surface area contributed by atoms with Crippen LogP contribution in [0.3, 0.4) is 0 Å². The van der Waals surface area contributed by atoms with Gasteiger partial charge in [0, 0.05) is 18.8 Å². The highest BCUT2D eigenvalue weighted by molar-refractivity contribution is 5.86. The molecule has 3 heterocycles. The maximum absolute atomic E-state index is 12.4. The van der Waals surface area contributed by atoms with Gasteiger partial charge in [-0.05, 0) is 39.2 Å². The normalized spacial score (nSPS) is 29.0. The summed E-state index contributed by atoms with van der Waals surface area (Å²) < 4.78 is 7.54. The summed E-state index contributed by atoms with van der Waals surface area (Å²) in [5.41, 5.74) is 2.08. The van der Waals surface area contributed by atoms with Crippen LogP contribution in [0.2, 0.25) is 0 Å². The van der Waals surface area contributed by atoms with E-state index in [1.807, 2.05) is 24.6 Å². The quantitative estimate of drug-likeness (QED) is 0.759. The number of amides is 1. The molecule has 2 N–H and O–H groups in total. The van der Waals surface area contributed by atoms with Crippen LogP contribution < -0.4 is 5.32 Å². The van der Waals surface area contributed by atoms with Crippen molar-refractivity contribution in [2.45, 2.75) is 51.9 Å². The van der Waals surface area contributed by atoms with Gasteiger partial charge in [0.15, 0.2) is 0 Å². The summed E-state index contributed by atoms with van der Waals surface area (Å²) in [5.74, 6) is -2.39. The lowest BCUT2D eigenvalue weighted by Crippen LogP contribution is -2.44. The first-order valence-corrected chi connectivity index (χ1v) is 8.14. The molecule has 1 aromatic rings. The molecule has 2 bridgehead atoms. The third-order valence-electron chi connectivity index (χ3n) is 4.81. The second-order valence-corrected chi connectivity index (χ2v) is 6.47. The smallest absolute Gasteiger partial charge is 0.310 e. The van der Waals surface area contributed by atoms with Gasteiger partial charge in [0.2, 0.25) is 5.91 Å². The minimum absolute atomic E-state index is 0.196. The number of hydrogen-bond acceptors (Lipinski definition) is 4. The van der Waals surface area contributed by atoms with Gasteiger partial charge in [-0.25, -0.2) is 0 Å². The first-order chi connectivity index (χ1) is 11.0. The molecule has 4 atom stereocenters. The number of nitrogens with zero attached hydrogens (tertiary/aromatic N) is 2. The van der Waals surface area contributed by atoms with E-state index in [0.717, 1.165) is 37.2 Å². The molecule has 0 radical (unpaired) electrons. The van der Waals surface area contributed by atoms with Crippen LogP contribution in [0.4, 0.5) is 0 Å². The highest BCUT2D eigenvalue weighted by atomic mass is 16.5. The molecule has 7 nitrogen and oxygen atoms in total. The topological polar surface area (TPSA) is 93.5 Å². The van der Waals surface area contributed by atoms with Crippen molar-refractivity contribution in [3.8, 4) is 0 Å². The number of carboxylic acids is 1. The molecule has 0 spiro atoms. The number of carbonyl (C=O) groups excluding carboxylic acids is 1. The highest BCUT2D eigenvalue weighted by Gasteiger charge is 2.55. The van der Waals surface area contributed by atoms with Crippen LogP contribution in [0, 0.1) is 25.7 Å². The molecule has 2 saturated heterocycles. The van der Waals surface area contributed by atoms with Crippen molar-refractivity contribution < 1.29 is 19.4 Å². The summed E-state index contributed by atoms with van der Waals surface area (Å²) in [5, 5.41) is 16.6. The fourth-order valence-corrected chi connectivity index (χ4v) is 3.78. The molecule has 0 aromatic carbocycles. The van der Waals surface area contributed by atoms with Gasteiger partial charge < -0.3 is 15.2 Å². The number of aryl methyl sites for hydroxylation is 3. The third-order valence-corrected chi connectivity index (χ3v) is 4.81. The Bertz CT molecular complexity index is 612. The molecule has 23 heavy (non-hydrogen) atoms. The number of hydrogen-bond donors (Lipinski definition) is 2. The SMILES string of the molecule is Cc1cc(C)n(CCCNC(=O)[C@@H]2[C@@H](C(=O)O)[C@@H]3CC[C@@H]2O3)n1. The average Bonchev–Trinajstić information content (AvgIpc) is 3.17. The van der Waals surface area contributed by atoms with Gasteiger partial charge in [-0.3, -0.25) is 14.3 Å². The molecule has 2 aliphatic rings. The van der Waals surface area contributed by atoms with Crippen molar-refractivity contribution >= 4 is 11.9 Å². The van der Waals surface area contributed by atoms with Crippen molar-refractivity contribution in [2.75, 3.05) is 6.54 Å². The van der Waals surface area contributed by atoms with Crippen molar-refractivity contribution in [2.24, 2.45) is 11.8 Å². The molecule has 7 heteroatoms. The van der Waals surface area contributed by atoms with E-state index >= 15 is 0 Å². The molecule has 2 fully saturated rings. The van der Waals surface area contributed by atoms with Crippen LogP contribution in [0.25, 0.3) is 0 Å². The largest absolute Gasteiger partial charge is 0.481 e. The first kappa shape index (κ1) is 16.0. The van der Waals surface area contributed by atoms with Gasteiger partial charge in [0.25, 0.3) is 0 Å². The van der Waals surface area contributed by atoms with Gasteiger partial charge in [0.05, 0.1) is 29.7 Å². The van der Waals surface area contributed by atoms with Crippen molar-refractivity contribution in [1.82, 2.24) is 15.1 Å². The highest BCUT2D eigenvalue weighted by Crippen LogP contribution is 2.43. The van der Waals surface area contributed by atoms with E-state index in [-0.39, 0.29) is 18.1 Å². The Morgan fingerprint density at radius 2 is 2.04 bits per heavy atom. The van der Waals surface area contributed by atoms with E-state index in [1.165, 1.54) is 0 Å². The van der Waals surface area contributed by atoms with E-state index in [1.54, 1.807) is 0 Å². The fourth-order valence-electron chi connectivity index (χ4n) is 3.78. The molecule has 2 aliphatic heterocycles. The summed E-state index contributed by atoms with van der Waals surface area (Å²) in [6, 6.07) is 2.02. The monoisotopic (exact) mass is 321 g/mol.